The van der Waals surface area contributed by atoms with Crippen molar-refractivity contribution in [3.05, 3.63) is 32.6 Å². The fourth-order valence-electron chi connectivity index (χ4n) is 3.50. The van der Waals surface area contributed by atoms with E-state index in [-0.39, 0.29) is 30.3 Å². The lowest BCUT2D eigenvalue weighted by molar-refractivity contribution is 0.0522. The zero-order valence-electron chi connectivity index (χ0n) is 14.0. The number of nitrogens with one attached hydrogen (secondary N) is 1. The Morgan fingerprint density at radius 1 is 1.24 bits per heavy atom. The van der Waals surface area contributed by atoms with E-state index in [4.69, 9.17) is 9.47 Å². The van der Waals surface area contributed by atoms with Gasteiger partial charge in [0.2, 0.25) is 0 Å². The first-order chi connectivity index (χ1) is 12.0. The van der Waals surface area contributed by atoms with E-state index in [9.17, 15) is 19.2 Å². The third-order valence-corrected chi connectivity index (χ3v) is 4.76. The van der Waals surface area contributed by atoms with E-state index in [1.165, 1.54) is 10.8 Å². The topological polar surface area (TPSA) is 111 Å². The number of ether oxygens (including phenoxy) is 2. The van der Waals surface area contributed by atoms with Gasteiger partial charge in [0.25, 0.3) is 5.56 Å². The van der Waals surface area contributed by atoms with E-state index in [1.54, 1.807) is 11.8 Å². The van der Waals surface area contributed by atoms with Crippen molar-refractivity contribution in [3.63, 3.8) is 0 Å². The van der Waals surface area contributed by atoms with Crippen molar-refractivity contribution >= 4 is 12.1 Å². The molecule has 25 heavy (non-hydrogen) atoms. The lowest BCUT2D eigenvalue weighted by Crippen LogP contribution is -2.41. The number of carbonyl (C=O) groups excluding carboxylic acids is 2. The van der Waals surface area contributed by atoms with E-state index in [0.717, 1.165) is 12.8 Å². The van der Waals surface area contributed by atoms with Crippen LogP contribution in [0, 0.1) is 0 Å². The van der Waals surface area contributed by atoms with E-state index in [0.29, 0.717) is 26.0 Å². The molecule has 2 aliphatic rings. The van der Waals surface area contributed by atoms with E-state index in [1.807, 2.05) is 0 Å². The van der Waals surface area contributed by atoms with Crippen LogP contribution in [0.2, 0.25) is 0 Å². The standard InChI is InChI=1S/C16H21N3O6/c1-2-24-14(21)12-9-19(15(22)17-13(12)20)11-5-3-10(4-6-11)18-7-8-25-16(18)23/h9-11H,2-8H2,1H3,(H,17,20,22)/t10-,11-. The lowest BCUT2D eigenvalue weighted by Gasteiger charge is -2.33. The van der Waals surface area contributed by atoms with Gasteiger partial charge in [0.1, 0.15) is 12.2 Å². The maximum Gasteiger partial charge on any atom is 0.410 e. The molecule has 0 atom stereocenters. The van der Waals surface area contributed by atoms with Crippen molar-refractivity contribution in [2.45, 2.75) is 44.7 Å². The fraction of sp³-hybridized carbons (Fsp3) is 0.625. The van der Waals surface area contributed by atoms with E-state index < -0.39 is 17.2 Å². The molecule has 0 aromatic carbocycles. The zero-order valence-corrected chi connectivity index (χ0v) is 14.0. The van der Waals surface area contributed by atoms with E-state index >= 15 is 0 Å². The van der Waals surface area contributed by atoms with Crippen molar-refractivity contribution in [1.29, 1.82) is 0 Å². The number of hydrogen-bond donors (Lipinski definition) is 1. The first kappa shape index (κ1) is 17.2. The molecule has 1 saturated carbocycles. The van der Waals surface area contributed by atoms with Crippen LogP contribution < -0.4 is 11.2 Å². The molecule has 0 unspecified atom stereocenters. The second kappa shape index (κ2) is 7.12. The van der Waals surface area contributed by atoms with Crippen LogP contribution in [0.15, 0.2) is 15.8 Å². The molecule has 0 radical (unpaired) electrons. The molecule has 1 amide bonds. The summed E-state index contributed by atoms with van der Waals surface area (Å²) in [6.07, 6.45) is 3.81. The number of amides is 1. The molecule has 0 bridgehead atoms. The third kappa shape index (κ3) is 3.45. The number of cyclic esters (lactones) is 1. The molecular formula is C16H21N3O6. The maximum atomic E-state index is 12.1. The predicted octanol–water partition coefficient (Wildman–Crippen LogP) is 0.649. The molecule has 136 valence electrons. The van der Waals surface area contributed by atoms with Gasteiger partial charge < -0.3 is 14.4 Å². The Balaban J connectivity index is 1.75. The lowest BCUT2D eigenvalue weighted by atomic mass is 9.90. The Labute approximate surface area is 143 Å². The third-order valence-electron chi connectivity index (χ3n) is 4.76. The molecule has 2 fully saturated rings. The van der Waals surface area contributed by atoms with Gasteiger partial charge in [-0.25, -0.2) is 14.4 Å². The molecule has 1 N–H and O–H groups in total. The molecule has 1 aliphatic carbocycles. The van der Waals surface area contributed by atoms with Gasteiger partial charge in [-0.05, 0) is 32.6 Å². The summed E-state index contributed by atoms with van der Waals surface area (Å²) in [6.45, 7) is 2.81. The first-order valence-corrected chi connectivity index (χ1v) is 8.47. The van der Waals surface area contributed by atoms with Crippen molar-refractivity contribution in [3.8, 4) is 0 Å². The van der Waals surface area contributed by atoms with Crippen LogP contribution in [-0.2, 0) is 9.47 Å². The smallest absolute Gasteiger partial charge is 0.410 e. The zero-order chi connectivity index (χ0) is 18.0. The van der Waals surface area contributed by atoms with Gasteiger partial charge in [0.15, 0.2) is 0 Å². The second-order valence-electron chi connectivity index (χ2n) is 6.20. The molecule has 2 heterocycles. The minimum absolute atomic E-state index is 0.106. The SMILES string of the molecule is CCOC(=O)c1cn([C@H]2CC[C@H](N3CCOC3=O)CC2)c(=O)[nH]c1=O. The van der Waals surface area contributed by atoms with Crippen molar-refractivity contribution in [2.75, 3.05) is 19.8 Å². The Morgan fingerprint density at radius 3 is 2.52 bits per heavy atom. The molecule has 3 rings (SSSR count). The monoisotopic (exact) mass is 351 g/mol. The van der Waals surface area contributed by atoms with Crippen molar-refractivity contribution in [1.82, 2.24) is 14.5 Å². The van der Waals surface area contributed by atoms with Gasteiger partial charge in [-0.1, -0.05) is 0 Å². The molecule has 9 heteroatoms. The number of H-pyrrole nitrogens is 1. The highest BCUT2D eigenvalue weighted by Crippen LogP contribution is 2.31. The van der Waals surface area contributed by atoms with Crippen LogP contribution in [-0.4, -0.2) is 52.3 Å². The number of rotatable bonds is 4. The maximum absolute atomic E-state index is 12.1. The van der Waals surface area contributed by atoms with Crippen LogP contribution in [0.5, 0.6) is 0 Å². The van der Waals surface area contributed by atoms with Gasteiger partial charge in [-0.15, -0.1) is 0 Å². The van der Waals surface area contributed by atoms with Gasteiger partial charge >= 0.3 is 17.8 Å². The number of nitrogens with zero attached hydrogens (tertiary/aromatic N) is 2. The van der Waals surface area contributed by atoms with Gasteiger partial charge in [-0.2, -0.15) is 0 Å². The van der Waals surface area contributed by atoms with Crippen LogP contribution in [0.1, 0.15) is 49.0 Å². The van der Waals surface area contributed by atoms with Crippen molar-refractivity contribution in [2.24, 2.45) is 0 Å². The summed E-state index contributed by atoms with van der Waals surface area (Å²) in [5.74, 6) is -0.744. The van der Waals surface area contributed by atoms with Crippen LogP contribution >= 0.6 is 0 Å². The first-order valence-electron chi connectivity index (χ1n) is 8.47. The van der Waals surface area contributed by atoms with Crippen LogP contribution in [0.3, 0.4) is 0 Å². The second-order valence-corrected chi connectivity index (χ2v) is 6.20. The van der Waals surface area contributed by atoms with Gasteiger partial charge in [-0.3, -0.25) is 14.3 Å². The number of aromatic amines is 1. The number of esters is 1. The molecule has 1 aromatic rings. The summed E-state index contributed by atoms with van der Waals surface area (Å²) < 4.78 is 11.2. The number of carbonyl (C=O) groups is 2. The highest BCUT2D eigenvalue weighted by atomic mass is 16.6. The fourth-order valence-corrected chi connectivity index (χ4v) is 3.50. The Hall–Kier alpha value is -2.58. The minimum atomic E-state index is -0.744. The Morgan fingerprint density at radius 2 is 1.92 bits per heavy atom. The van der Waals surface area contributed by atoms with Crippen LogP contribution in [0.4, 0.5) is 4.79 Å². The molecule has 1 aromatic heterocycles. The molecule has 1 saturated heterocycles. The average molecular weight is 351 g/mol. The van der Waals surface area contributed by atoms with Crippen LogP contribution in [0.25, 0.3) is 0 Å². The quantitative estimate of drug-likeness (QED) is 0.798. The van der Waals surface area contributed by atoms with Crippen molar-refractivity contribution < 1.29 is 19.1 Å². The highest BCUT2D eigenvalue weighted by Gasteiger charge is 2.33. The summed E-state index contributed by atoms with van der Waals surface area (Å²) in [7, 11) is 0. The van der Waals surface area contributed by atoms with Gasteiger partial charge in [0, 0.05) is 18.3 Å². The molecular weight excluding hydrogens is 330 g/mol. The molecule has 0 spiro atoms. The van der Waals surface area contributed by atoms with Gasteiger partial charge in [0.05, 0.1) is 13.2 Å². The summed E-state index contributed by atoms with van der Waals surface area (Å²) in [5, 5.41) is 0. The number of aromatic nitrogens is 2. The highest BCUT2D eigenvalue weighted by molar-refractivity contribution is 5.88. The largest absolute Gasteiger partial charge is 0.462 e. The molecule has 9 nitrogen and oxygen atoms in total. The predicted molar refractivity (Wildman–Crippen MR) is 86.6 cm³/mol. The normalized spacial score (nSPS) is 23.4. The summed E-state index contributed by atoms with van der Waals surface area (Å²) >= 11 is 0. The minimum Gasteiger partial charge on any atom is -0.462 e. The Kier molecular flexibility index (Phi) is 4.91. The number of hydrogen-bond acceptors (Lipinski definition) is 6. The summed E-state index contributed by atoms with van der Waals surface area (Å²) in [4.78, 5) is 51.4. The average Bonchev–Trinajstić information content (AvgIpc) is 3.01. The summed E-state index contributed by atoms with van der Waals surface area (Å²) in [5.41, 5.74) is -1.46. The summed E-state index contributed by atoms with van der Waals surface area (Å²) in [6, 6.07) is -0.0263. The Bertz CT molecular complexity index is 775. The molecule has 1 aliphatic heterocycles. The van der Waals surface area contributed by atoms with E-state index in [2.05, 4.69) is 4.98 Å².